The van der Waals surface area contributed by atoms with Crippen molar-refractivity contribution in [2.45, 2.75) is 6.42 Å². The minimum Gasteiger partial charge on any atom is -0.368 e. The SMILES string of the molecule is Clc1cncc(NCCc2cccnc2)n1. The summed E-state index contributed by atoms with van der Waals surface area (Å²) in [4.78, 5) is 12.1. The number of nitrogens with one attached hydrogen (secondary N) is 1. The third kappa shape index (κ3) is 3.17. The van der Waals surface area contributed by atoms with E-state index in [2.05, 4.69) is 20.3 Å². The van der Waals surface area contributed by atoms with E-state index in [9.17, 15) is 0 Å². The molecule has 0 saturated heterocycles. The summed E-state index contributed by atoms with van der Waals surface area (Å²) in [6.07, 6.45) is 7.66. The fourth-order valence-corrected chi connectivity index (χ4v) is 1.46. The van der Waals surface area contributed by atoms with E-state index in [0.717, 1.165) is 13.0 Å². The maximum absolute atomic E-state index is 5.72. The quantitative estimate of drug-likeness (QED) is 0.881. The van der Waals surface area contributed by atoms with Crippen molar-refractivity contribution >= 4 is 17.4 Å². The second-order valence-corrected chi connectivity index (χ2v) is 3.65. The number of hydrogen-bond acceptors (Lipinski definition) is 4. The maximum atomic E-state index is 5.72. The van der Waals surface area contributed by atoms with Gasteiger partial charge in [-0.15, -0.1) is 0 Å². The predicted molar refractivity (Wildman–Crippen MR) is 63.5 cm³/mol. The lowest BCUT2D eigenvalue weighted by atomic mass is 10.2. The Kier molecular flexibility index (Phi) is 3.66. The van der Waals surface area contributed by atoms with Gasteiger partial charge in [-0.3, -0.25) is 9.97 Å². The summed E-state index contributed by atoms with van der Waals surface area (Å²) < 4.78 is 0. The molecule has 4 nitrogen and oxygen atoms in total. The zero-order valence-electron chi connectivity index (χ0n) is 8.60. The van der Waals surface area contributed by atoms with Crippen LogP contribution >= 0.6 is 11.6 Å². The number of halogens is 1. The first-order valence-electron chi connectivity index (χ1n) is 4.95. The molecule has 16 heavy (non-hydrogen) atoms. The standard InChI is InChI=1S/C11H11ClN4/c12-10-7-14-8-11(16-10)15-5-3-9-2-1-4-13-6-9/h1-2,4,6-8H,3,5H2,(H,15,16). The van der Waals surface area contributed by atoms with E-state index >= 15 is 0 Å². The van der Waals surface area contributed by atoms with Crippen molar-refractivity contribution in [3.05, 3.63) is 47.6 Å². The topological polar surface area (TPSA) is 50.7 Å². The molecule has 0 saturated carbocycles. The molecule has 0 unspecified atom stereocenters. The third-order valence-corrected chi connectivity index (χ3v) is 2.23. The molecule has 2 aromatic rings. The Balaban J connectivity index is 1.85. The van der Waals surface area contributed by atoms with Crippen LogP contribution in [-0.2, 0) is 6.42 Å². The van der Waals surface area contributed by atoms with E-state index in [0.29, 0.717) is 11.0 Å². The van der Waals surface area contributed by atoms with Gasteiger partial charge in [0.05, 0.1) is 12.4 Å². The van der Waals surface area contributed by atoms with Crippen LogP contribution in [0.15, 0.2) is 36.9 Å². The van der Waals surface area contributed by atoms with Crippen LogP contribution in [0.1, 0.15) is 5.56 Å². The Morgan fingerprint density at radius 1 is 1.19 bits per heavy atom. The first-order chi connectivity index (χ1) is 7.84. The predicted octanol–water partition coefficient (Wildman–Crippen LogP) is 2.18. The van der Waals surface area contributed by atoms with Crippen LogP contribution in [0.4, 0.5) is 5.82 Å². The molecule has 0 radical (unpaired) electrons. The van der Waals surface area contributed by atoms with Gasteiger partial charge in [0, 0.05) is 18.9 Å². The number of anilines is 1. The lowest BCUT2D eigenvalue weighted by Crippen LogP contribution is -2.06. The molecule has 0 aliphatic rings. The summed E-state index contributed by atoms with van der Waals surface area (Å²) in [6.45, 7) is 0.778. The van der Waals surface area contributed by atoms with Gasteiger partial charge in [0.2, 0.25) is 0 Å². The Morgan fingerprint density at radius 2 is 2.12 bits per heavy atom. The smallest absolute Gasteiger partial charge is 0.149 e. The van der Waals surface area contributed by atoms with Crippen molar-refractivity contribution in [2.24, 2.45) is 0 Å². The highest BCUT2D eigenvalue weighted by atomic mass is 35.5. The molecule has 5 heteroatoms. The maximum Gasteiger partial charge on any atom is 0.149 e. The van der Waals surface area contributed by atoms with Crippen LogP contribution in [0, 0.1) is 0 Å². The highest BCUT2D eigenvalue weighted by molar-refractivity contribution is 6.29. The molecule has 0 spiro atoms. The molecule has 0 aliphatic heterocycles. The second-order valence-electron chi connectivity index (χ2n) is 3.27. The lowest BCUT2D eigenvalue weighted by Gasteiger charge is -2.04. The normalized spacial score (nSPS) is 10.1. The molecular weight excluding hydrogens is 224 g/mol. The van der Waals surface area contributed by atoms with Crippen LogP contribution in [0.5, 0.6) is 0 Å². The van der Waals surface area contributed by atoms with Crippen LogP contribution in [-0.4, -0.2) is 21.5 Å². The van der Waals surface area contributed by atoms with Gasteiger partial charge >= 0.3 is 0 Å². The van der Waals surface area contributed by atoms with Crippen LogP contribution < -0.4 is 5.32 Å². The Bertz CT molecular complexity index is 447. The molecule has 1 N–H and O–H groups in total. The number of pyridine rings is 1. The number of nitrogens with zero attached hydrogens (tertiary/aromatic N) is 3. The van der Waals surface area contributed by atoms with E-state index in [-0.39, 0.29) is 0 Å². The molecule has 2 heterocycles. The molecule has 0 amide bonds. The van der Waals surface area contributed by atoms with Crippen molar-refractivity contribution in [1.82, 2.24) is 15.0 Å². The highest BCUT2D eigenvalue weighted by Crippen LogP contribution is 2.06. The van der Waals surface area contributed by atoms with Gasteiger partial charge in [-0.25, -0.2) is 4.98 Å². The molecule has 0 aliphatic carbocycles. The summed E-state index contributed by atoms with van der Waals surface area (Å²) in [5, 5.41) is 3.54. The Labute approximate surface area is 98.7 Å². The fraction of sp³-hybridized carbons (Fsp3) is 0.182. The van der Waals surface area contributed by atoms with Gasteiger partial charge in [0.15, 0.2) is 0 Å². The van der Waals surface area contributed by atoms with Crippen LogP contribution in [0.25, 0.3) is 0 Å². The van der Waals surface area contributed by atoms with Crippen molar-refractivity contribution in [1.29, 1.82) is 0 Å². The number of aromatic nitrogens is 3. The summed E-state index contributed by atoms with van der Waals surface area (Å²) in [5.41, 5.74) is 1.19. The summed E-state index contributed by atoms with van der Waals surface area (Å²) in [5.74, 6) is 0.691. The molecular formula is C11H11ClN4. The van der Waals surface area contributed by atoms with Gasteiger partial charge in [-0.05, 0) is 18.1 Å². The van der Waals surface area contributed by atoms with Crippen LogP contribution in [0.2, 0.25) is 5.15 Å². The van der Waals surface area contributed by atoms with Gasteiger partial charge in [0.25, 0.3) is 0 Å². The zero-order chi connectivity index (χ0) is 11.2. The highest BCUT2D eigenvalue weighted by Gasteiger charge is 1.96. The van der Waals surface area contributed by atoms with E-state index in [1.165, 1.54) is 11.8 Å². The molecule has 0 bridgehead atoms. The Hall–Kier alpha value is -1.68. The van der Waals surface area contributed by atoms with Crippen molar-refractivity contribution in [3.8, 4) is 0 Å². The molecule has 0 atom stereocenters. The first-order valence-corrected chi connectivity index (χ1v) is 5.33. The van der Waals surface area contributed by atoms with Crippen molar-refractivity contribution in [3.63, 3.8) is 0 Å². The number of rotatable bonds is 4. The summed E-state index contributed by atoms with van der Waals surface area (Å²) in [6, 6.07) is 3.97. The van der Waals surface area contributed by atoms with E-state index < -0.39 is 0 Å². The van der Waals surface area contributed by atoms with Crippen molar-refractivity contribution in [2.75, 3.05) is 11.9 Å². The fourth-order valence-electron chi connectivity index (χ4n) is 1.31. The van der Waals surface area contributed by atoms with Crippen molar-refractivity contribution < 1.29 is 0 Å². The Morgan fingerprint density at radius 3 is 2.88 bits per heavy atom. The van der Waals surface area contributed by atoms with Gasteiger partial charge in [0.1, 0.15) is 11.0 Å². The van der Waals surface area contributed by atoms with E-state index in [1.54, 1.807) is 12.4 Å². The average molecular weight is 235 g/mol. The van der Waals surface area contributed by atoms with E-state index in [1.807, 2.05) is 18.3 Å². The second kappa shape index (κ2) is 5.42. The summed E-state index contributed by atoms with van der Waals surface area (Å²) >= 11 is 5.72. The third-order valence-electron chi connectivity index (χ3n) is 2.05. The van der Waals surface area contributed by atoms with Gasteiger partial charge in [-0.2, -0.15) is 0 Å². The van der Waals surface area contributed by atoms with Gasteiger partial charge in [-0.1, -0.05) is 17.7 Å². The minimum atomic E-state index is 0.395. The average Bonchev–Trinajstić information content (AvgIpc) is 2.30. The molecule has 2 aromatic heterocycles. The number of hydrogen-bond donors (Lipinski definition) is 1. The molecule has 2 rings (SSSR count). The summed E-state index contributed by atoms with van der Waals surface area (Å²) in [7, 11) is 0. The molecule has 0 fully saturated rings. The van der Waals surface area contributed by atoms with Crippen LogP contribution in [0.3, 0.4) is 0 Å². The lowest BCUT2D eigenvalue weighted by molar-refractivity contribution is 0.988. The minimum absolute atomic E-state index is 0.395. The monoisotopic (exact) mass is 234 g/mol. The molecule has 0 aromatic carbocycles. The zero-order valence-corrected chi connectivity index (χ0v) is 9.35. The molecule has 82 valence electrons. The first kappa shape index (κ1) is 10.8. The van der Waals surface area contributed by atoms with E-state index in [4.69, 9.17) is 11.6 Å². The van der Waals surface area contributed by atoms with Gasteiger partial charge < -0.3 is 5.32 Å². The largest absolute Gasteiger partial charge is 0.368 e.